The van der Waals surface area contributed by atoms with Gasteiger partial charge in [-0.1, -0.05) is 0 Å². The molecule has 0 unspecified atom stereocenters. The highest BCUT2D eigenvalue weighted by Gasteiger charge is 2.22. The van der Waals surface area contributed by atoms with Crippen LogP contribution < -0.4 is 5.73 Å². The van der Waals surface area contributed by atoms with E-state index < -0.39 is 0 Å². The molecule has 1 saturated heterocycles. The van der Waals surface area contributed by atoms with E-state index in [0.29, 0.717) is 6.10 Å². The van der Waals surface area contributed by atoms with Crippen LogP contribution in [0.4, 0.5) is 0 Å². The van der Waals surface area contributed by atoms with E-state index in [1.54, 1.807) is 0 Å². The van der Waals surface area contributed by atoms with Gasteiger partial charge in [-0.25, -0.2) is 0 Å². The Kier molecular flexibility index (Phi) is 2.49. The van der Waals surface area contributed by atoms with Crippen LogP contribution in [-0.2, 0) is 4.74 Å². The zero-order chi connectivity index (χ0) is 6.69. The number of hydrogen-bond acceptors (Lipinski definition) is 2. The van der Waals surface area contributed by atoms with E-state index in [9.17, 15) is 0 Å². The molecular formula is C7H15NO. The Morgan fingerprint density at radius 3 is 2.89 bits per heavy atom. The molecule has 2 N–H and O–H groups in total. The van der Waals surface area contributed by atoms with Crippen molar-refractivity contribution in [1.82, 2.24) is 0 Å². The molecular weight excluding hydrogens is 114 g/mol. The summed E-state index contributed by atoms with van der Waals surface area (Å²) in [5.41, 5.74) is 5.42. The summed E-state index contributed by atoms with van der Waals surface area (Å²) in [7, 11) is 0. The molecule has 0 bridgehead atoms. The lowest BCUT2D eigenvalue weighted by Gasteiger charge is -2.11. The topological polar surface area (TPSA) is 35.2 Å². The lowest BCUT2D eigenvalue weighted by molar-refractivity contribution is 0.104. The number of ether oxygens (including phenoxy) is 1. The van der Waals surface area contributed by atoms with Crippen LogP contribution >= 0.6 is 0 Å². The summed E-state index contributed by atoms with van der Waals surface area (Å²) in [6.07, 6.45) is 2.79. The van der Waals surface area contributed by atoms with Gasteiger partial charge in [0, 0.05) is 6.61 Å². The smallest absolute Gasteiger partial charge is 0.0576 e. The Labute approximate surface area is 56.4 Å². The van der Waals surface area contributed by atoms with Crippen molar-refractivity contribution in [3.05, 3.63) is 0 Å². The van der Waals surface area contributed by atoms with E-state index in [0.717, 1.165) is 25.5 Å². The van der Waals surface area contributed by atoms with E-state index in [-0.39, 0.29) is 0 Å². The van der Waals surface area contributed by atoms with Gasteiger partial charge in [0.15, 0.2) is 0 Å². The fourth-order valence-electron chi connectivity index (χ4n) is 1.37. The van der Waals surface area contributed by atoms with Gasteiger partial charge in [0.05, 0.1) is 6.10 Å². The van der Waals surface area contributed by atoms with Crippen molar-refractivity contribution >= 4 is 0 Å². The first-order chi connectivity index (χ1) is 4.34. The normalized spacial score (nSPS) is 35.3. The molecule has 1 fully saturated rings. The van der Waals surface area contributed by atoms with Crippen molar-refractivity contribution in [3.63, 3.8) is 0 Å². The SMILES string of the molecule is C[C@@H]1OCC[C@@H]1CCN. The molecule has 1 rings (SSSR count). The first-order valence-electron chi connectivity index (χ1n) is 3.66. The Bertz CT molecular complexity index is 85.0. The maximum absolute atomic E-state index is 5.42. The Morgan fingerprint density at radius 1 is 1.67 bits per heavy atom. The summed E-state index contributed by atoms with van der Waals surface area (Å²) in [6, 6.07) is 0. The molecule has 9 heavy (non-hydrogen) atoms. The van der Waals surface area contributed by atoms with Gasteiger partial charge in [0.25, 0.3) is 0 Å². The van der Waals surface area contributed by atoms with E-state index in [1.165, 1.54) is 6.42 Å². The second kappa shape index (κ2) is 3.18. The Balaban J connectivity index is 2.22. The summed E-state index contributed by atoms with van der Waals surface area (Å²) in [6.45, 7) is 3.87. The van der Waals surface area contributed by atoms with E-state index in [1.807, 2.05) is 0 Å². The molecule has 0 aliphatic carbocycles. The van der Waals surface area contributed by atoms with Gasteiger partial charge in [0.1, 0.15) is 0 Å². The molecule has 2 atom stereocenters. The summed E-state index contributed by atoms with van der Waals surface area (Å²) in [5, 5.41) is 0. The molecule has 0 aromatic rings. The second-order valence-electron chi connectivity index (χ2n) is 2.70. The minimum atomic E-state index is 0.452. The highest BCUT2D eigenvalue weighted by atomic mass is 16.5. The molecule has 0 amide bonds. The number of nitrogens with two attached hydrogens (primary N) is 1. The first-order valence-corrected chi connectivity index (χ1v) is 3.66. The van der Waals surface area contributed by atoms with Crippen molar-refractivity contribution in [1.29, 1.82) is 0 Å². The van der Waals surface area contributed by atoms with Crippen molar-refractivity contribution in [3.8, 4) is 0 Å². The molecule has 0 spiro atoms. The van der Waals surface area contributed by atoms with Gasteiger partial charge in [-0.2, -0.15) is 0 Å². The van der Waals surface area contributed by atoms with Crippen LogP contribution in [0, 0.1) is 5.92 Å². The van der Waals surface area contributed by atoms with Gasteiger partial charge >= 0.3 is 0 Å². The maximum atomic E-state index is 5.42. The van der Waals surface area contributed by atoms with Crippen molar-refractivity contribution in [2.45, 2.75) is 25.9 Å². The van der Waals surface area contributed by atoms with Gasteiger partial charge in [0.2, 0.25) is 0 Å². The monoisotopic (exact) mass is 129 g/mol. The van der Waals surface area contributed by atoms with Crippen LogP contribution in [0.25, 0.3) is 0 Å². The molecule has 0 aromatic carbocycles. The third-order valence-corrected chi connectivity index (χ3v) is 2.07. The van der Waals surface area contributed by atoms with Crippen LogP contribution in [0.2, 0.25) is 0 Å². The van der Waals surface area contributed by atoms with Crippen LogP contribution in [0.15, 0.2) is 0 Å². The van der Waals surface area contributed by atoms with Crippen LogP contribution in [0.5, 0.6) is 0 Å². The average molecular weight is 129 g/mol. The van der Waals surface area contributed by atoms with E-state index >= 15 is 0 Å². The van der Waals surface area contributed by atoms with Crippen LogP contribution in [0.1, 0.15) is 19.8 Å². The van der Waals surface area contributed by atoms with Gasteiger partial charge < -0.3 is 10.5 Å². The first kappa shape index (κ1) is 7.03. The second-order valence-corrected chi connectivity index (χ2v) is 2.70. The zero-order valence-electron chi connectivity index (χ0n) is 5.97. The molecule has 0 saturated carbocycles. The summed E-state index contributed by atoms with van der Waals surface area (Å²) in [5.74, 6) is 0.731. The Morgan fingerprint density at radius 2 is 2.44 bits per heavy atom. The lowest BCUT2D eigenvalue weighted by Crippen LogP contribution is -2.15. The molecule has 1 aliphatic rings. The predicted molar refractivity (Wildman–Crippen MR) is 37.2 cm³/mol. The summed E-state index contributed by atoms with van der Waals surface area (Å²) < 4.78 is 5.36. The molecule has 1 heterocycles. The van der Waals surface area contributed by atoms with E-state index in [4.69, 9.17) is 10.5 Å². The highest BCUT2D eigenvalue weighted by molar-refractivity contribution is 4.72. The quantitative estimate of drug-likeness (QED) is 0.597. The minimum Gasteiger partial charge on any atom is -0.378 e. The van der Waals surface area contributed by atoms with Gasteiger partial charge in [-0.05, 0) is 32.2 Å². The fourth-order valence-corrected chi connectivity index (χ4v) is 1.37. The fraction of sp³-hybridized carbons (Fsp3) is 1.00. The summed E-state index contributed by atoms with van der Waals surface area (Å²) in [4.78, 5) is 0. The molecule has 2 heteroatoms. The Hall–Kier alpha value is -0.0800. The number of hydrogen-bond donors (Lipinski definition) is 1. The third-order valence-electron chi connectivity index (χ3n) is 2.07. The van der Waals surface area contributed by atoms with Crippen LogP contribution in [-0.4, -0.2) is 19.3 Å². The third kappa shape index (κ3) is 1.66. The average Bonchev–Trinajstić information content (AvgIpc) is 2.18. The predicted octanol–water partition coefficient (Wildman–Crippen LogP) is 0.760. The van der Waals surface area contributed by atoms with Crippen LogP contribution in [0.3, 0.4) is 0 Å². The largest absolute Gasteiger partial charge is 0.378 e. The van der Waals surface area contributed by atoms with Crippen molar-refractivity contribution in [2.75, 3.05) is 13.2 Å². The molecule has 1 aliphatic heterocycles. The van der Waals surface area contributed by atoms with Gasteiger partial charge in [-0.15, -0.1) is 0 Å². The van der Waals surface area contributed by atoms with Crippen molar-refractivity contribution < 1.29 is 4.74 Å². The lowest BCUT2D eigenvalue weighted by atomic mass is 9.99. The standard InChI is InChI=1S/C7H15NO/c1-6-7(2-4-8)3-5-9-6/h6-7H,2-5,8H2,1H3/t6-,7-/m0/s1. The van der Waals surface area contributed by atoms with Gasteiger partial charge in [-0.3, -0.25) is 0 Å². The highest BCUT2D eigenvalue weighted by Crippen LogP contribution is 2.22. The molecule has 0 radical (unpaired) electrons. The molecule has 2 nitrogen and oxygen atoms in total. The zero-order valence-corrected chi connectivity index (χ0v) is 5.97. The van der Waals surface area contributed by atoms with Crippen molar-refractivity contribution in [2.24, 2.45) is 11.7 Å². The minimum absolute atomic E-state index is 0.452. The molecule has 0 aromatic heterocycles. The summed E-state index contributed by atoms with van der Waals surface area (Å²) >= 11 is 0. The van der Waals surface area contributed by atoms with E-state index in [2.05, 4.69) is 6.92 Å². The molecule has 54 valence electrons. The number of rotatable bonds is 2. The maximum Gasteiger partial charge on any atom is 0.0576 e.